The monoisotopic (exact) mass is 407 g/mol. The second kappa shape index (κ2) is 8.71. The van der Waals surface area contributed by atoms with Crippen LogP contribution in [0.15, 0.2) is 34.8 Å². The Bertz CT molecular complexity index is 771. The summed E-state index contributed by atoms with van der Waals surface area (Å²) in [5.41, 5.74) is 3.46. The Morgan fingerprint density at radius 1 is 1.16 bits per heavy atom. The van der Waals surface area contributed by atoms with Crippen LogP contribution in [0.3, 0.4) is 0 Å². The molecule has 0 aliphatic carbocycles. The van der Waals surface area contributed by atoms with Gasteiger partial charge in [0.05, 0.1) is 12.2 Å². The van der Waals surface area contributed by atoms with Gasteiger partial charge in [0.25, 0.3) is 5.91 Å². The van der Waals surface area contributed by atoms with Crippen molar-refractivity contribution < 1.29 is 14.3 Å². The summed E-state index contributed by atoms with van der Waals surface area (Å²) in [6.07, 6.45) is -0.482. The van der Waals surface area contributed by atoms with Gasteiger partial charge in [-0.3, -0.25) is 4.79 Å². The number of ether oxygens (including phenoxy) is 1. The minimum atomic E-state index is -0.482. The maximum Gasteiger partial charge on any atom is 0.407 e. The number of amides is 2. The summed E-state index contributed by atoms with van der Waals surface area (Å²) in [7, 11) is 0. The van der Waals surface area contributed by atoms with Crippen LogP contribution in [-0.4, -0.2) is 36.3 Å². The Morgan fingerprint density at radius 3 is 2.56 bits per heavy atom. The van der Waals surface area contributed by atoms with Crippen LogP contribution in [-0.2, 0) is 4.74 Å². The van der Waals surface area contributed by atoms with Gasteiger partial charge < -0.3 is 19.9 Å². The molecule has 0 saturated heterocycles. The molecule has 0 radical (unpaired) electrons. The zero-order valence-electron chi connectivity index (χ0n) is 14.6. The number of benzene rings is 1. The first-order valence-corrected chi connectivity index (χ1v) is 8.87. The van der Waals surface area contributed by atoms with Gasteiger partial charge in [0.1, 0.15) is 0 Å². The predicted octanol–water partition coefficient (Wildman–Crippen LogP) is 3.33. The molecule has 0 atom stereocenters. The highest BCUT2D eigenvalue weighted by molar-refractivity contribution is 9.10. The summed E-state index contributed by atoms with van der Waals surface area (Å²) in [6, 6.07) is 9.78. The summed E-state index contributed by atoms with van der Waals surface area (Å²) in [4.78, 5) is 23.6. The van der Waals surface area contributed by atoms with E-state index in [1.54, 1.807) is 6.92 Å². The molecule has 0 saturated carbocycles. The average molecular weight is 408 g/mol. The number of aryl methyl sites for hydroxylation is 1. The Balaban J connectivity index is 2.04. The van der Waals surface area contributed by atoms with Gasteiger partial charge in [0.15, 0.2) is 0 Å². The van der Waals surface area contributed by atoms with E-state index in [-0.39, 0.29) is 5.91 Å². The van der Waals surface area contributed by atoms with Crippen molar-refractivity contribution in [3.8, 4) is 5.69 Å². The molecule has 6 nitrogen and oxygen atoms in total. The summed E-state index contributed by atoms with van der Waals surface area (Å²) >= 11 is 3.47. The molecule has 1 aromatic heterocycles. The first kappa shape index (κ1) is 19.1. The van der Waals surface area contributed by atoms with Crippen molar-refractivity contribution in [3.63, 3.8) is 0 Å². The third kappa shape index (κ3) is 4.85. The number of nitrogens with one attached hydrogen (secondary N) is 2. The number of hydrogen-bond donors (Lipinski definition) is 2. The van der Waals surface area contributed by atoms with Gasteiger partial charge in [0.2, 0.25) is 0 Å². The molecule has 1 heterocycles. The Hall–Kier alpha value is -2.28. The fourth-order valence-electron chi connectivity index (χ4n) is 2.62. The SMILES string of the molecule is CCOC(=O)NCCNC(=O)c1cc(C)n(-c2cccc(Br)c2)c1C. The lowest BCUT2D eigenvalue weighted by Crippen LogP contribution is -2.35. The lowest BCUT2D eigenvalue weighted by atomic mass is 10.2. The summed E-state index contributed by atoms with van der Waals surface area (Å²) < 4.78 is 7.78. The number of hydrogen-bond acceptors (Lipinski definition) is 3. The highest BCUT2D eigenvalue weighted by atomic mass is 79.9. The molecule has 0 fully saturated rings. The van der Waals surface area contributed by atoms with Crippen LogP contribution < -0.4 is 10.6 Å². The Kier molecular flexibility index (Phi) is 6.64. The second-order valence-electron chi connectivity index (χ2n) is 5.50. The predicted molar refractivity (Wildman–Crippen MR) is 100 cm³/mol. The molecule has 0 aliphatic rings. The Labute approximate surface area is 155 Å². The molecule has 2 amide bonds. The van der Waals surface area contributed by atoms with Gasteiger partial charge in [-0.05, 0) is 45.0 Å². The van der Waals surface area contributed by atoms with Crippen LogP contribution >= 0.6 is 15.9 Å². The lowest BCUT2D eigenvalue weighted by Gasteiger charge is -2.11. The molecule has 7 heteroatoms. The molecule has 1 aromatic carbocycles. The molecule has 25 heavy (non-hydrogen) atoms. The van der Waals surface area contributed by atoms with E-state index in [1.807, 2.05) is 48.7 Å². The second-order valence-corrected chi connectivity index (χ2v) is 6.42. The molecule has 0 spiro atoms. The zero-order chi connectivity index (χ0) is 18.4. The largest absolute Gasteiger partial charge is 0.450 e. The number of rotatable bonds is 6. The van der Waals surface area contributed by atoms with E-state index in [2.05, 4.69) is 26.6 Å². The molecule has 0 unspecified atom stereocenters. The van der Waals surface area contributed by atoms with Gasteiger partial charge in [-0.2, -0.15) is 0 Å². The number of carbonyl (C=O) groups excluding carboxylic acids is 2. The molecular weight excluding hydrogens is 386 g/mol. The van der Waals surface area contributed by atoms with Gasteiger partial charge in [0, 0.05) is 34.6 Å². The summed E-state index contributed by atoms with van der Waals surface area (Å²) in [5.74, 6) is -0.167. The highest BCUT2D eigenvalue weighted by Crippen LogP contribution is 2.23. The number of carbonyl (C=O) groups is 2. The van der Waals surface area contributed by atoms with Gasteiger partial charge in [-0.25, -0.2) is 4.79 Å². The zero-order valence-corrected chi connectivity index (χ0v) is 16.1. The molecule has 0 aliphatic heterocycles. The van der Waals surface area contributed by atoms with Crippen LogP contribution in [0.25, 0.3) is 5.69 Å². The molecule has 2 aromatic rings. The van der Waals surface area contributed by atoms with Crippen molar-refractivity contribution >= 4 is 27.9 Å². The van der Waals surface area contributed by atoms with Crippen molar-refractivity contribution in [3.05, 3.63) is 51.8 Å². The minimum Gasteiger partial charge on any atom is -0.450 e. The van der Waals surface area contributed by atoms with Crippen LogP contribution in [0.2, 0.25) is 0 Å². The molecule has 2 N–H and O–H groups in total. The topological polar surface area (TPSA) is 72.4 Å². The highest BCUT2D eigenvalue weighted by Gasteiger charge is 2.16. The standard InChI is InChI=1S/C18H22BrN3O3/c1-4-25-18(24)21-9-8-20-17(23)16-10-12(2)22(13(16)3)15-7-5-6-14(19)11-15/h5-7,10-11H,4,8-9H2,1-3H3,(H,20,23)(H,21,24). The number of alkyl carbamates (subject to hydrolysis) is 1. The summed E-state index contributed by atoms with van der Waals surface area (Å²) in [6.45, 7) is 6.59. The van der Waals surface area contributed by atoms with Crippen molar-refractivity contribution in [1.29, 1.82) is 0 Å². The molecule has 2 rings (SSSR count). The smallest absolute Gasteiger partial charge is 0.407 e. The maximum atomic E-state index is 12.4. The first-order chi connectivity index (χ1) is 11.9. The number of halogens is 1. The van der Waals surface area contributed by atoms with E-state index < -0.39 is 6.09 Å². The maximum absolute atomic E-state index is 12.4. The van der Waals surface area contributed by atoms with Crippen LogP contribution in [0, 0.1) is 13.8 Å². The van der Waals surface area contributed by atoms with Crippen molar-refractivity contribution in [1.82, 2.24) is 15.2 Å². The van der Waals surface area contributed by atoms with Crippen LogP contribution in [0.5, 0.6) is 0 Å². The first-order valence-electron chi connectivity index (χ1n) is 8.07. The number of nitrogens with zero attached hydrogens (tertiary/aromatic N) is 1. The van der Waals surface area contributed by atoms with E-state index in [0.29, 0.717) is 25.3 Å². The van der Waals surface area contributed by atoms with E-state index in [4.69, 9.17) is 4.74 Å². The third-order valence-electron chi connectivity index (χ3n) is 3.70. The van der Waals surface area contributed by atoms with Crippen LogP contribution in [0.1, 0.15) is 28.7 Å². The normalized spacial score (nSPS) is 10.4. The van der Waals surface area contributed by atoms with Gasteiger partial charge >= 0.3 is 6.09 Å². The van der Waals surface area contributed by atoms with Crippen molar-refractivity contribution in [2.45, 2.75) is 20.8 Å². The molecule has 0 bridgehead atoms. The van der Waals surface area contributed by atoms with E-state index >= 15 is 0 Å². The van der Waals surface area contributed by atoms with Gasteiger partial charge in [-0.15, -0.1) is 0 Å². The fraction of sp³-hybridized carbons (Fsp3) is 0.333. The molecule has 134 valence electrons. The van der Waals surface area contributed by atoms with E-state index in [9.17, 15) is 9.59 Å². The minimum absolute atomic E-state index is 0.167. The number of aromatic nitrogens is 1. The third-order valence-corrected chi connectivity index (χ3v) is 4.19. The van der Waals surface area contributed by atoms with Gasteiger partial charge in [-0.1, -0.05) is 22.0 Å². The average Bonchev–Trinajstić information content (AvgIpc) is 2.86. The summed E-state index contributed by atoms with van der Waals surface area (Å²) in [5, 5.41) is 5.38. The Morgan fingerprint density at radius 2 is 1.88 bits per heavy atom. The van der Waals surface area contributed by atoms with Crippen LogP contribution in [0.4, 0.5) is 4.79 Å². The quantitative estimate of drug-likeness (QED) is 0.721. The lowest BCUT2D eigenvalue weighted by molar-refractivity contribution is 0.0951. The van der Waals surface area contributed by atoms with E-state index in [1.165, 1.54) is 0 Å². The van der Waals surface area contributed by atoms with Crippen molar-refractivity contribution in [2.75, 3.05) is 19.7 Å². The van der Waals surface area contributed by atoms with E-state index in [0.717, 1.165) is 21.5 Å². The fourth-order valence-corrected chi connectivity index (χ4v) is 3.01. The molecular formula is C18H22BrN3O3. The van der Waals surface area contributed by atoms with Crippen molar-refractivity contribution in [2.24, 2.45) is 0 Å².